The molecule has 0 radical (unpaired) electrons. The molecule has 1 saturated carbocycles. The third kappa shape index (κ3) is 2.70. The molecule has 2 aliphatic rings. The number of hydrogen-bond acceptors (Lipinski definition) is 2. The maximum atomic E-state index is 11.7. The lowest BCUT2D eigenvalue weighted by Crippen LogP contribution is -3.10. The molecule has 0 aromatic carbocycles. The zero-order valence-corrected chi connectivity index (χ0v) is 12.2. The molecular formula is C12H21INO2+. The Morgan fingerprint density at radius 3 is 2.44 bits per heavy atom. The molecule has 0 bridgehead atoms. The van der Waals surface area contributed by atoms with E-state index in [9.17, 15) is 4.79 Å². The van der Waals surface area contributed by atoms with E-state index in [2.05, 4.69) is 29.6 Å². The van der Waals surface area contributed by atoms with Crippen LogP contribution in [0.25, 0.3) is 0 Å². The fraction of sp³-hybridized carbons (Fsp3) is 0.917. The van der Waals surface area contributed by atoms with Crippen LogP contribution in [0.2, 0.25) is 0 Å². The summed E-state index contributed by atoms with van der Waals surface area (Å²) in [4.78, 5) is 13.3. The van der Waals surface area contributed by atoms with Crippen molar-refractivity contribution in [3.8, 4) is 0 Å². The van der Waals surface area contributed by atoms with Gasteiger partial charge in [-0.05, 0) is 19.8 Å². The van der Waals surface area contributed by atoms with Gasteiger partial charge in [0.1, 0.15) is 9.53 Å². The summed E-state index contributed by atoms with van der Waals surface area (Å²) in [6.07, 6.45) is 4.61. The van der Waals surface area contributed by atoms with Crippen molar-refractivity contribution in [2.45, 2.75) is 42.1 Å². The van der Waals surface area contributed by atoms with Crippen molar-refractivity contribution in [3.05, 3.63) is 0 Å². The van der Waals surface area contributed by atoms with Crippen LogP contribution in [-0.2, 0) is 9.53 Å². The fourth-order valence-electron chi connectivity index (χ4n) is 2.64. The quantitative estimate of drug-likeness (QED) is 0.469. The Hall–Kier alpha value is 0.160. The number of carbonyl (C=O) groups excluding carboxylic acids is 1. The second-order valence-electron chi connectivity index (χ2n) is 5.33. The minimum absolute atomic E-state index is 0.0213. The summed E-state index contributed by atoms with van der Waals surface area (Å²) in [5.41, 5.74) is -0.0583. The van der Waals surface area contributed by atoms with Gasteiger partial charge >= 0.3 is 5.97 Å². The average Bonchev–Trinajstić information content (AvgIpc) is 2.99. The molecule has 2 fully saturated rings. The molecule has 0 amide bonds. The molecule has 1 aliphatic carbocycles. The average molecular weight is 338 g/mol. The van der Waals surface area contributed by atoms with Gasteiger partial charge in [-0.25, -0.2) is 0 Å². The van der Waals surface area contributed by atoms with Crippen molar-refractivity contribution in [3.63, 3.8) is 0 Å². The van der Waals surface area contributed by atoms with Crippen LogP contribution in [-0.4, -0.2) is 35.6 Å². The molecule has 0 aromatic rings. The van der Waals surface area contributed by atoms with Crippen molar-refractivity contribution in [2.24, 2.45) is 5.92 Å². The number of piperidine rings is 1. The van der Waals surface area contributed by atoms with Gasteiger partial charge in [0.05, 0.1) is 20.1 Å². The first-order chi connectivity index (χ1) is 7.53. The van der Waals surface area contributed by atoms with Crippen molar-refractivity contribution >= 4 is 28.6 Å². The first-order valence-electron chi connectivity index (χ1n) is 6.22. The van der Waals surface area contributed by atoms with Gasteiger partial charge in [-0.3, -0.25) is 4.79 Å². The van der Waals surface area contributed by atoms with E-state index < -0.39 is 0 Å². The van der Waals surface area contributed by atoms with Gasteiger partial charge in [0.25, 0.3) is 0 Å². The number of nitrogens with one attached hydrogen (secondary N) is 1. The van der Waals surface area contributed by atoms with Crippen molar-refractivity contribution in [1.29, 1.82) is 0 Å². The molecule has 3 nitrogen and oxygen atoms in total. The third-order valence-corrected chi connectivity index (χ3v) is 4.46. The van der Waals surface area contributed by atoms with Crippen molar-refractivity contribution < 1.29 is 14.4 Å². The number of ether oxygens (including phenoxy) is 1. The van der Waals surface area contributed by atoms with E-state index in [1.54, 1.807) is 4.90 Å². The van der Waals surface area contributed by atoms with Crippen LogP contribution in [0.3, 0.4) is 0 Å². The number of hydrogen-bond donors (Lipinski definition) is 1. The summed E-state index contributed by atoms with van der Waals surface area (Å²) >= 11 is 2.13. The van der Waals surface area contributed by atoms with Crippen LogP contribution < -0.4 is 4.90 Å². The van der Waals surface area contributed by atoms with Gasteiger partial charge in [0.2, 0.25) is 0 Å². The van der Waals surface area contributed by atoms with E-state index in [-0.39, 0.29) is 15.5 Å². The zero-order valence-electron chi connectivity index (χ0n) is 10.1. The Kier molecular flexibility index (Phi) is 3.79. The molecule has 1 N–H and O–H groups in total. The number of likely N-dealkylation sites (tertiary alicyclic amines) is 1. The van der Waals surface area contributed by atoms with Crippen LogP contribution in [0.5, 0.6) is 0 Å². The summed E-state index contributed by atoms with van der Waals surface area (Å²) in [5.74, 6) is 0.597. The molecular weight excluding hydrogens is 317 g/mol. The summed E-state index contributed by atoms with van der Waals surface area (Å²) in [6, 6.07) is 0. The number of quaternary nitrogens is 1. The van der Waals surface area contributed by atoms with Crippen LogP contribution in [0.1, 0.15) is 32.6 Å². The lowest BCUT2D eigenvalue weighted by Gasteiger charge is -2.32. The SMILES string of the molecule is CC(I)C(=O)OC1(C2CC[NH+](C)CC2)CC1. The van der Waals surface area contributed by atoms with E-state index in [1.165, 1.54) is 25.9 Å². The zero-order chi connectivity index (χ0) is 11.8. The van der Waals surface area contributed by atoms with Gasteiger partial charge in [-0.2, -0.15) is 0 Å². The highest BCUT2D eigenvalue weighted by Gasteiger charge is 2.54. The lowest BCUT2D eigenvalue weighted by atomic mass is 9.89. The first kappa shape index (κ1) is 12.6. The molecule has 1 aliphatic heterocycles. The minimum Gasteiger partial charge on any atom is -0.458 e. The Morgan fingerprint density at radius 2 is 2.00 bits per heavy atom. The number of carbonyl (C=O) groups is 1. The maximum absolute atomic E-state index is 11.7. The minimum atomic E-state index is -0.0583. The number of alkyl halides is 1. The van der Waals surface area contributed by atoms with Gasteiger partial charge < -0.3 is 9.64 Å². The van der Waals surface area contributed by atoms with Gasteiger partial charge in [0, 0.05) is 18.8 Å². The van der Waals surface area contributed by atoms with Crippen LogP contribution in [0, 0.1) is 5.92 Å². The highest BCUT2D eigenvalue weighted by Crippen LogP contribution is 2.49. The van der Waals surface area contributed by atoms with Gasteiger partial charge in [-0.1, -0.05) is 22.6 Å². The summed E-state index contributed by atoms with van der Waals surface area (Å²) in [5, 5.41) is 0. The van der Waals surface area contributed by atoms with E-state index in [0.29, 0.717) is 5.92 Å². The molecule has 4 heteroatoms. The number of halogens is 1. The molecule has 1 atom stereocenters. The monoisotopic (exact) mass is 338 g/mol. The predicted octanol–water partition coefficient (Wildman–Crippen LogP) is 0.810. The summed E-state index contributed by atoms with van der Waals surface area (Å²) in [6.45, 7) is 4.35. The Labute approximate surface area is 111 Å². The highest BCUT2D eigenvalue weighted by atomic mass is 127. The largest absolute Gasteiger partial charge is 0.458 e. The highest BCUT2D eigenvalue weighted by molar-refractivity contribution is 14.1. The molecule has 0 aromatic heterocycles. The molecule has 0 spiro atoms. The molecule has 92 valence electrons. The number of esters is 1. The van der Waals surface area contributed by atoms with E-state index in [1.807, 2.05) is 6.92 Å². The Morgan fingerprint density at radius 1 is 1.44 bits per heavy atom. The second kappa shape index (κ2) is 4.80. The van der Waals surface area contributed by atoms with Crippen LogP contribution in [0.4, 0.5) is 0 Å². The fourth-order valence-corrected chi connectivity index (χ4v) is 2.76. The van der Waals surface area contributed by atoms with E-state index in [0.717, 1.165) is 12.8 Å². The second-order valence-corrected chi connectivity index (χ2v) is 7.20. The normalized spacial score (nSPS) is 34.2. The van der Waals surface area contributed by atoms with E-state index >= 15 is 0 Å². The van der Waals surface area contributed by atoms with Crippen molar-refractivity contribution in [2.75, 3.05) is 20.1 Å². The Bertz CT molecular complexity index is 268. The predicted molar refractivity (Wildman–Crippen MR) is 70.9 cm³/mol. The molecule has 1 unspecified atom stereocenters. The van der Waals surface area contributed by atoms with Crippen LogP contribution >= 0.6 is 22.6 Å². The van der Waals surface area contributed by atoms with Crippen LogP contribution in [0.15, 0.2) is 0 Å². The smallest absolute Gasteiger partial charge is 0.319 e. The molecule has 2 rings (SSSR count). The molecule has 16 heavy (non-hydrogen) atoms. The summed E-state index contributed by atoms with van der Waals surface area (Å²) in [7, 11) is 2.24. The third-order valence-electron chi connectivity index (χ3n) is 3.95. The first-order valence-corrected chi connectivity index (χ1v) is 7.46. The topological polar surface area (TPSA) is 30.7 Å². The van der Waals surface area contributed by atoms with Gasteiger partial charge in [-0.15, -0.1) is 0 Å². The van der Waals surface area contributed by atoms with Crippen molar-refractivity contribution in [1.82, 2.24) is 0 Å². The maximum Gasteiger partial charge on any atom is 0.319 e. The molecule has 1 heterocycles. The molecule has 1 saturated heterocycles. The summed E-state index contributed by atoms with van der Waals surface area (Å²) < 4.78 is 5.71. The lowest BCUT2D eigenvalue weighted by molar-refractivity contribution is -0.886. The van der Waals surface area contributed by atoms with Gasteiger partial charge in [0.15, 0.2) is 0 Å². The Balaban J connectivity index is 1.90. The standard InChI is InChI=1S/C12H20INO2/c1-9(13)11(15)16-12(5-6-12)10-3-7-14(2)8-4-10/h9-10H,3-8H2,1-2H3/p+1. The number of rotatable bonds is 3. The van der Waals surface area contributed by atoms with E-state index in [4.69, 9.17) is 4.74 Å².